The van der Waals surface area contributed by atoms with Gasteiger partial charge >= 0.3 is 0 Å². The second-order valence-electron chi connectivity index (χ2n) is 4.32. The number of hydrogen-bond acceptors (Lipinski definition) is 3. The van der Waals surface area contributed by atoms with Gasteiger partial charge in [0.25, 0.3) is 0 Å². The zero-order valence-electron chi connectivity index (χ0n) is 10.4. The molecule has 0 spiro atoms. The van der Waals surface area contributed by atoms with E-state index >= 15 is 0 Å². The summed E-state index contributed by atoms with van der Waals surface area (Å²) >= 11 is 0. The fraction of sp³-hybridized carbons (Fsp3) is 0.286. The van der Waals surface area contributed by atoms with Gasteiger partial charge in [0.1, 0.15) is 5.78 Å². The summed E-state index contributed by atoms with van der Waals surface area (Å²) in [5.41, 5.74) is 7.48. The number of nitrogens with zero attached hydrogens (tertiary/aromatic N) is 2. The highest BCUT2D eigenvalue weighted by Gasteiger charge is 2.19. The van der Waals surface area contributed by atoms with E-state index in [9.17, 15) is 4.79 Å². The lowest BCUT2D eigenvalue weighted by Crippen LogP contribution is -2.23. The monoisotopic (exact) mass is 243 g/mol. The molecule has 1 unspecified atom stereocenters. The molecule has 18 heavy (non-hydrogen) atoms. The minimum atomic E-state index is -0.242. The van der Waals surface area contributed by atoms with Crippen molar-refractivity contribution in [1.82, 2.24) is 9.78 Å². The van der Waals surface area contributed by atoms with E-state index in [-0.39, 0.29) is 11.7 Å². The Hall–Kier alpha value is -1.94. The van der Waals surface area contributed by atoms with Gasteiger partial charge in [0.2, 0.25) is 0 Å². The van der Waals surface area contributed by atoms with Gasteiger partial charge in [-0.15, -0.1) is 0 Å². The third-order valence-electron chi connectivity index (χ3n) is 2.95. The van der Waals surface area contributed by atoms with Crippen LogP contribution in [0.5, 0.6) is 0 Å². The largest absolute Gasteiger partial charge is 0.329 e. The summed E-state index contributed by atoms with van der Waals surface area (Å²) in [7, 11) is 1.84. The molecule has 0 saturated heterocycles. The first kappa shape index (κ1) is 12.5. The zero-order valence-corrected chi connectivity index (χ0v) is 10.4. The van der Waals surface area contributed by atoms with Crippen molar-refractivity contribution in [3.8, 4) is 0 Å². The Balaban J connectivity index is 2.11. The van der Waals surface area contributed by atoms with E-state index in [2.05, 4.69) is 5.10 Å². The molecule has 0 aliphatic rings. The first-order valence-corrected chi connectivity index (χ1v) is 5.97. The van der Waals surface area contributed by atoms with Gasteiger partial charge in [0.05, 0.1) is 18.0 Å². The van der Waals surface area contributed by atoms with Crippen LogP contribution in [0.2, 0.25) is 0 Å². The van der Waals surface area contributed by atoms with E-state index in [1.165, 1.54) is 0 Å². The molecule has 2 aromatic rings. The van der Waals surface area contributed by atoms with Crippen LogP contribution in [0.25, 0.3) is 0 Å². The first-order valence-electron chi connectivity index (χ1n) is 5.97. The number of rotatable bonds is 5. The molecule has 0 fully saturated rings. The quantitative estimate of drug-likeness (QED) is 0.860. The Morgan fingerprint density at radius 2 is 2.06 bits per heavy atom. The molecule has 2 rings (SSSR count). The van der Waals surface area contributed by atoms with E-state index in [4.69, 9.17) is 5.73 Å². The molecule has 0 saturated carbocycles. The number of Topliss-reactive ketones (excluding diaryl/α,β-unsaturated/α-hetero) is 1. The maximum atomic E-state index is 12.2. The molecule has 1 aromatic carbocycles. The summed E-state index contributed by atoms with van der Waals surface area (Å²) in [6.07, 6.45) is 2.17. The molecule has 94 valence electrons. The lowest BCUT2D eigenvalue weighted by atomic mass is 9.92. The lowest BCUT2D eigenvalue weighted by Gasteiger charge is -2.13. The van der Waals surface area contributed by atoms with Crippen molar-refractivity contribution in [3.63, 3.8) is 0 Å². The van der Waals surface area contributed by atoms with Crippen LogP contribution in [0.15, 0.2) is 42.6 Å². The summed E-state index contributed by atoms with van der Waals surface area (Å²) in [5, 5.41) is 4.22. The van der Waals surface area contributed by atoms with E-state index in [0.717, 1.165) is 11.3 Å². The number of ketones is 1. The number of carbonyl (C=O) groups is 1. The Labute approximate surface area is 106 Å². The number of nitrogens with two attached hydrogens (primary N) is 1. The van der Waals surface area contributed by atoms with Crippen molar-refractivity contribution in [2.24, 2.45) is 12.8 Å². The van der Waals surface area contributed by atoms with E-state index in [0.29, 0.717) is 13.0 Å². The van der Waals surface area contributed by atoms with E-state index < -0.39 is 0 Å². The third-order valence-corrected chi connectivity index (χ3v) is 2.95. The SMILES string of the molecule is Cn1ccc(CC(=O)C(CN)c2ccccc2)n1. The third kappa shape index (κ3) is 2.84. The van der Waals surface area contributed by atoms with Crippen LogP contribution in [0, 0.1) is 0 Å². The topological polar surface area (TPSA) is 60.9 Å². The molecule has 0 aliphatic carbocycles. The van der Waals surface area contributed by atoms with Crippen molar-refractivity contribution in [2.75, 3.05) is 6.54 Å². The van der Waals surface area contributed by atoms with Gasteiger partial charge in [-0.1, -0.05) is 30.3 Å². The summed E-state index contributed by atoms with van der Waals surface area (Å²) < 4.78 is 1.70. The number of benzene rings is 1. The number of aryl methyl sites for hydroxylation is 1. The molecule has 0 amide bonds. The van der Waals surface area contributed by atoms with Gasteiger partial charge in [0.15, 0.2) is 0 Å². The van der Waals surface area contributed by atoms with Crippen molar-refractivity contribution in [3.05, 3.63) is 53.9 Å². The van der Waals surface area contributed by atoms with Crippen LogP contribution >= 0.6 is 0 Å². The van der Waals surface area contributed by atoms with Gasteiger partial charge in [-0.3, -0.25) is 9.48 Å². The van der Waals surface area contributed by atoms with Gasteiger partial charge in [0, 0.05) is 19.8 Å². The molecular weight excluding hydrogens is 226 g/mol. The molecule has 1 aromatic heterocycles. The van der Waals surface area contributed by atoms with Crippen LogP contribution in [0.4, 0.5) is 0 Å². The van der Waals surface area contributed by atoms with Gasteiger partial charge in [-0.2, -0.15) is 5.10 Å². The molecule has 0 aliphatic heterocycles. The average molecular weight is 243 g/mol. The number of aromatic nitrogens is 2. The van der Waals surface area contributed by atoms with Gasteiger partial charge < -0.3 is 5.73 Å². The Kier molecular flexibility index (Phi) is 3.89. The summed E-state index contributed by atoms with van der Waals surface area (Å²) in [6, 6.07) is 11.5. The number of hydrogen-bond donors (Lipinski definition) is 1. The van der Waals surface area contributed by atoms with Crippen LogP contribution in [-0.4, -0.2) is 22.1 Å². The smallest absolute Gasteiger partial charge is 0.147 e. The highest BCUT2D eigenvalue weighted by Crippen LogP contribution is 2.17. The van der Waals surface area contributed by atoms with E-state index in [1.807, 2.05) is 49.6 Å². The maximum Gasteiger partial charge on any atom is 0.147 e. The molecule has 0 bridgehead atoms. The molecule has 1 atom stereocenters. The zero-order chi connectivity index (χ0) is 13.0. The lowest BCUT2D eigenvalue weighted by molar-refractivity contribution is -0.119. The second-order valence-corrected chi connectivity index (χ2v) is 4.32. The molecular formula is C14H17N3O. The minimum absolute atomic E-state index is 0.113. The van der Waals surface area contributed by atoms with Crippen molar-refractivity contribution < 1.29 is 4.79 Å². The second kappa shape index (κ2) is 5.60. The van der Waals surface area contributed by atoms with Crippen LogP contribution in [0.3, 0.4) is 0 Å². The molecule has 0 radical (unpaired) electrons. The average Bonchev–Trinajstić information content (AvgIpc) is 2.77. The standard InChI is InChI=1S/C14H17N3O/c1-17-8-7-12(16-17)9-14(18)13(10-15)11-5-3-2-4-6-11/h2-8,13H,9-10,15H2,1H3. The Morgan fingerprint density at radius 1 is 1.33 bits per heavy atom. The van der Waals surface area contributed by atoms with Crippen molar-refractivity contribution in [2.45, 2.75) is 12.3 Å². The molecule has 2 N–H and O–H groups in total. The molecule has 1 heterocycles. The Morgan fingerprint density at radius 3 is 2.61 bits per heavy atom. The van der Waals surface area contributed by atoms with E-state index in [1.54, 1.807) is 4.68 Å². The highest BCUT2D eigenvalue weighted by atomic mass is 16.1. The minimum Gasteiger partial charge on any atom is -0.329 e. The normalized spacial score (nSPS) is 12.3. The van der Waals surface area contributed by atoms with Crippen molar-refractivity contribution in [1.29, 1.82) is 0 Å². The summed E-state index contributed by atoms with van der Waals surface area (Å²) in [5.74, 6) is -0.129. The molecule has 4 heteroatoms. The number of carbonyl (C=O) groups excluding carboxylic acids is 1. The highest BCUT2D eigenvalue weighted by molar-refractivity contribution is 5.87. The summed E-state index contributed by atoms with van der Waals surface area (Å²) in [6.45, 7) is 0.329. The van der Waals surface area contributed by atoms with Gasteiger partial charge in [-0.05, 0) is 11.6 Å². The fourth-order valence-electron chi connectivity index (χ4n) is 2.00. The molecule has 4 nitrogen and oxygen atoms in total. The van der Waals surface area contributed by atoms with Crippen LogP contribution < -0.4 is 5.73 Å². The Bertz CT molecular complexity index is 519. The predicted octanol–water partition coefficient (Wildman–Crippen LogP) is 1.27. The van der Waals surface area contributed by atoms with Crippen molar-refractivity contribution >= 4 is 5.78 Å². The maximum absolute atomic E-state index is 12.2. The fourth-order valence-corrected chi connectivity index (χ4v) is 2.00. The van der Waals surface area contributed by atoms with Gasteiger partial charge in [-0.25, -0.2) is 0 Å². The predicted molar refractivity (Wildman–Crippen MR) is 70.2 cm³/mol. The van der Waals surface area contributed by atoms with Crippen LogP contribution in [-0.2, 0) is 18.3 Å². The first-order chi connectivity index (χ1) is 8.70. The summed E-state index contributed by atoms with van der Waals surface area (Å²) in [4.78, 5) is 12.2. The van der Waals surface area contributed by atoms with Crippen LogP contribution in [0.1, 0.15) is 17.2 Å².